The molecule has 0 aliphatic carbocycles. The highest BCUT2D eigenvalue weighted by molar-refractivity contribution is 6.01. The van der Waals surface area contributed by atoms with Crippen LogP contribution in [0.3, 0.4) is 0 Å². The lowest BCUT2D eigenvalue weighted by molar-refractivity contribution is -0.136. The number of allylic oxidation sites excluding steroid dienone is 1. The van der Waals surface area contributed by atoms with Gasteiger partial charge in [-0.05, 0) is 6.42 Å². The van der Waals surface area contributed by atoms with Crippen LogP contribution in [0.5, 0.6) is 0 Å². The largest absolute Gasteiger partial charge is 0.466 e. The first-order chi connectivity index (χ1) is 6.29. The van der Waals surface area contributed by atoms with Crippen LogP contribution >= 0.6 is 0 Å². The average Bonchev–Trinajstić information content (AvgIpc) is 2.65. The summed E-state index contributed by atoms with van der Waals surface area (Å²) in [5, 5.41) is 0. The number of aliphatic imine (C=N–C) groups is 2. The molecule has 1 aliphatic heterocycles. The Bertz CT molecular complexity index is 276. The number of nitrogens with zero attached hydrogens (tertiary/aromatic N) is 2. The standard InChI is InChI=1S/C9H12N2O2/c1-3-4-7(9(12)13-2)8-5-10-6-11-8/h5-6H,3-4H2,1-2H3. The summed E-state index contributed by atoms with van der Waals surface area (Å²) >= 11 is 0. The van der Waals surface area contributed by atoms with E-state index in [2.05, 4.69) is 14.7 Å². The van der Waals surface area contributed by atoms with E-state index in [9.17, 15) is 4.79 Å². The summed E-state index contributed by atoms with van der Waals surface area (Å²) < 4.78 is 4.64. The number of methoxy groups -OCH3 is 1. The zero-order valence-corrected chi connectivity index (χ0v) is 7.78. The SMILES string of the molecule is CCCC(C(=O)OC)=C1C=NC=N1. The molecule has 0 unspecified atom stereocenters. The van der Waals surface area contributed by atoms with Crippen molar-refractivity contribution in [3.8, 4) is 0 Å². The van der Waals surface area contributed by atoms with Crippen LogP contribution in [0.2, 0.25) is 0 Å². The van der Waals surface area contributed by atoms with Crippen LogP contribution in [0.4, 0.5) is 0 Å². The van der Waals surface area contributed by atoms with E-state index in [1.165, 1.54) is 13.4 Å². The molecule has 0 saturated carbocycles. The molecular formula is C9H12N2O2. The summed E-state index contributed by atoms with van der Waals surface area (Å²) in [4.78, 5) is 19.0. The van der Waals surface area contributed by atoms with Crippen LogP contribution in [0.15, 0.2) is 21.3 Å². The predicted octanol–water partition coefficient (Wildman–Crippen LogP) is 1.33. The molecule has 0 N–H and O–H groups in total. The summed E-state index contributed by atoms with van der Waals surface area (Å²) in [6.07, 6.45) is 4.55. The van der Waals surface area contributed by atoms with E-state index in [1.54, 1.807) is 6.21 Å². The van der Waals surface area contributed by atoms with E-state index < -0.39 is 0 Å². The van der Waals surface area contributed by atoms with Crippen LogP contribution < -0.4 is 0 Å². The summed E-state index contributed by atoms with van der Waals surface area (Å²) in [5.41, 5.74) is 1.22. The minimum absolute atomic E-state index is 0.317. The van der Waals surface area contributed by atoms with Crippen molar-refractivity contribution in [1.82, 2.24) is 0 Å². The zero-order valence-electron chi connectivity index (χ0n) is 7.78. The van der Waals surface area contributed by atoms with Crippen LogP contribution in [0, 0.1) is 0 Å². The number of hydrogen-bond donors (Lipinski definition) is 0. The second kappa shape index (κ2) is 4.54. The Morgan fingerprint density at radius 3 is 2.85 bits per heavy atom. The van der Waals surface area contributed by atoms with Gasteiger partial charge in [0.05, 0.1) is 24.6 Å². The molecular weight excluding hydrogens is 168 g/mol. The van der Waals surface area contributed by atoms with E-state index in [4.69, 9.17) is 0 Å². The highest BCUT2D eigenvalue weighted by Crippen LogP contribution is 2.14. The van der Waals surface area contributed by atoms with Crippen molar-refractivity contribution in [3.63, 3.8) is 0 Å². The third-order valence-corrected chi connectivity index (χ3v) is 1.70. The van der Waals surface area contributed by atoms with E-state index in [0.717, 1.165) is 6.42 Å². The number of hydrogen-bond acceptors (Lipinski definition) is 4. The number of esters is 1. The van der Waals surface area contributed by atoms with Gasteiger partial charge in [0.2, 0.25) is 0 Å². The molecule has 0 aromatic carbocycles. The second-order valence-electron chi connectivity index (χ2n) is 2.63. The summed E-state index contributed by atoms with van der Waals surface area (Å²) in [7, 11) is 1.37. The van der Waals surface area contributed by atoms with E-state index in [-0.39, 0.29) is 5.97 Å². The lowest BCUT2D eigenvalue weighted by atomic mass is 10.1. The van der Waals surface area contributed by atoms with Crippen molar-refractivity contribution in [2.45, 2.75) is 19.8 Å². The molecule has 0 atom stereocenters. The zero-order chi connectivity index (χ0) is 9.68. The highest BCUT2D eigenvalue weighted by Gasteiger charge is 2.14. The number of carbonyl (C=O) groups excluding carboxylic acids is 1. The average molecular weight is 180 g/mol. The number of carbonyl (C=O) groups is 1. The number of ether oxygens (including phenoxy) is 1. The molecule has 4 heteroatoms. The number of rotatable bonds is 3. The molecule has 0 aromatic rings. The van der Waals surface area contributed by atoms with Crippen LogP contribution in [0.25, 0.3) is 0 Å². The molecule has 13 heavy (non-hydrogen) atoms. The maximum atomic E-state index is 11.3. The monoisotopic (exact) mass is 180 g/mol. The molecule has 0 spiro atoms. The predicted molar refractivity (Wildman–Crippen MR) is 50.9 cm³/mol. The van der Waals surface area contributed by atoms with Gasteiger partial charge in [0.1, 0.15) is 6.34 Å². The van der Waals surface area contributed by atoms with Crippen LogP contribution in [0.1, 0.15) is 19.8 Å². The molecule has 4 nitrogen and oxygen atoms in total. The lowest BCUT2D eigenvalue weighted by Gasteiger charge is -2.03. The molecule has 1 heterocycles. The van der Waals surface area contributed by atoms with Crippen molar-refractivity contribution >= 4 is 18.5 Å². The minimum Gasteiger partial charge on any atom is -0.466 e. The Morgan fingerprint density at radius 2 is 2.38 bits per heavy atom. The Labute approximate surface area is 77.0 Å². The molecule has 1 rings (SSSR count). The quantitative estimate of drug-likeness (QED) is 0.486. The Morgan fingerprint density at radius 1 is 1.62 bits per heavy atom. The Balaban J connectivity index is 2.90. The fourth-order valence-electron chi connectivity index (χ4n) is 1.10. The van der Waals surface area contributed by atoms with Crippen molar-refractivity contribution in [2.24, 2.45) is 9.98 Å². The third kappa shape index (κ3) is 2.24. The van der Waals surface area contributed by atoms with Gasteiger partial charge in [-0.25, -0.2) is 14.8 Å². The maximum Gasteiger partial charge on any atom is 0.335 e. The fourth-order valence-corrected chi connectivity index (χ4v) is 1.10. The van der Waals surface area contributed by atoms with Crippen molar-refractivity contribution in [3.05, 3.63) is 11.3 Å². The topological polar surface area (TPSA) is 51.0 Å². The summed E-state index contributed by atoms with van der Waals surface area (Å²) in [6, 6.07) is 0. The molecule has 0 amide bonds. The summed E-state index contributed by atoms with van der Waals surface area (Å²) in [5.74, 6) is -0.317. The molecule has 0 saturated heterocycles. The molecule has 70 valence electrons. The molecule has 1 aliphatic rings. The van der Waals surface area contributed by atoms with E-state index in [0.29, 0.717) is 17.7 Å². The first kappa shape index (κ1) is 9.64. The Kier molecular flexibility index (Phi) is 3.37. The van der Waals surface area contributed by atoms with Crippen molar-refractivity contribution < 1.29 is 9.53 Å². The van der Waals surface area contributed by atoms with E-state index >= 15 is 0 Å². The smallest absolute Gasteiger partial charge is 0.335 e. The Hall–Kier alpha value is -1.45. The van der Waals surface area contributed by atoms with Gasteiger partial charge < -0.3 is 4.74 Å². The van der Waals surface area contributed by atoms with Gasteiger partial charge in [0.25, 0.3) is 0 Å². The third-order valence-electron chi connectivity index (χ3n) is 1.70. The molecule has 0 radical (unpaired) electrons. The first-order valence-corrected chi connectivity index (χ1v) is 4.16. The van der Waals surface area contributed by atoms with Crippen molar-refractivity contribution in [2.75, 3.05) is 7.11 Å². The van der Waals surface area contributed by atoms with Crippen molar-refractivity contribution in [1.29, 1.82) is 0 Å². The van der Waals surface area contributed by atoms with Gasteiger partial charge in [-0.15, -0.1) is 0 Å². The molecule has 0 fully saturated rings. The van der Waals surface area contributed by atoms with Crippen LogP contribution in [-0.2, 0) is 9.53 Å². The minimum atomic E-state index is -0.317. The second-order valence-corrected chi connectivity index (χ2v) is 2.63. The van der Waals surface area contributed by atoms with Gasteiger partial charge in [-0.2, -0.15) is 0 Å². The van der Waals surface area contributed by atoms with Crippen LogP contribution in [-0.4, -0.2) is 25.6 Å². The first-order valence-electron chi connectivity index (χ1n) is 4.16. The van der Waals surface area contributed by atoms with Gasteiger partial charge in [-0.1, -0.05) is 13.3 Å². The normalized spacial score (nSPS) is 17.7. The van der Waals surface area contributed by atoms with Gasteiger partial charge in [-0.3, -0.25) is 0 Å². The highest BCUT2D eigenvalue weighted by atomic mass is 16.5. The van der Waals surface area contributed by atoms with Gasteiger partial charge >= 0.3 is 5.97 Å². The van der Waals surface area contributed by atoms with Gasteiger partial charge in [0.15, 0.2) is 0 Å². The lowest BCUT2D eigenvalue weighted by Crippen LogP contribution is -2.07. The van der Waals surface area contributed by atoms with E-state index in [1.807, 2.05) is 6.92 Å². The summed E-state index contributed by atoms with van der Waals surface area (Å²) in [6.45, 7) is 2.00. The molecule has 0 bridgehead atoms. The fraction of sp³-hybridized carbons (Fsp3) is 0.444. The van der Waals surface area contributed by atoms with Gasteiger partial charge in [0, 0.05) is 0 Å². The maximum absolute atomic E-state index is 11.3. The molecule has 0 aromatic heterocycles.